The van der Waals surface area contributed by atoms with Crippen LogP contribution in [0.1, 0.15) is 29.7 Å². The van der Waals surface area contributed by atoms with Gasteiger partial charge < -0.3 is 0 Å². The minimum atomic E-state index is 0.585. The molecule has 0 aliphatic rings. The first-order valence-corrected chi connectivity index (χ1v) is 7.24. The molecular formula is C18H17N3. The third kappa shape index (κ3) is 2.95. The number of aromatic nitrogens is 2. The number of nitriles is 1. The van der Waals surface area contributed by atoms with E-state index >= 15 is 0 Å². The Morgan fingerprint density at radius 3 is 2.71 bits per heavy atom. The molecule has 2 aromatic carbocycles. The van der Waals surface area contributed by atoms with E-state index in [9.17, 15) is 0 Å². The number of unbranched alkanes of at least 4 members (excludes halogenated alkanes) is 1. The summed E-state index contributed by atoms with van der Waals surface area (Å²) in [7, 11) is 0. The van der Waals surface area contributed by atoms with Crippen molar-refractivity contribution in [1.82, 2.24) is 10.2 Å². The molecule has 0 amide bonds. The number of nitrogens with one attached hydrogen (secondary N) is 1. The average molecular weight is 275 g/mol. The van der Waals surface area contributed by atoms with Crippen LogP contribution in [-0.2, 0) is 12.8 Å². The normalized spacial score (nSPS) is 10.6. The highest BCUT2D eigenvalue weighted by Crippen LogP contribution is 2.24. The summed E-state index contributed by atoms with van der Waals surface area (Å²) in [5.74, 6) is 0. The monoisotopic (exact) mass is 275 g/mol. The van der Waals surface area contributed by atoms with Gasteiger partial charge >= 0.3 is 0 Å². The number of hydrogen-bond donors (Lipinski definition) is 1. The van der Waals surface area contributed by atoms with Gasteiger partial charge in [0, 0.05) is 17.5 Å². The highest BCUT2D eigenvalue weighted by molar-refractivity contribution is 5.85. The zero-order valence-corrected chi connectivity index (χ0v) is 11.8. The average Bonchev–Trinajstić information content (AvgIpc) is 2.93. The van der Waals surface area contributed by atoms with Gasteiger partial charge in [-0.1, -0.05) is 42.5 Å². The van der Waals surface area contributed by atoms with Crippen molar-refractivity contribution in [3.05, 3.63) is 65.4 Å². The number of aromatic amines is 1. The van der Waals surface area contributed by atoms with E-state index in [-0.39, 0.29) is 0 Å². The van der Waals surface area contributed by atoms with E-state index in [0.717, 1.165) is 30.5 Å². The Labute approximate surface area is 124 Å². The Kier molecular flexibility index (Phi) is 3.97. The Morgan fingerprint density at radius 1 is 1.05 bits per heavy atom. The van der Waals surface area contributed by atoms with Crippen LogP contribution in [0.5, 0.6) is 0 Å². The minimum absolute atomic E-state index is 0.585. The summed E-state index contributed by atoms with van der Waals surface area (Å²) in [6.45, 7) is 0. The van der Waals surface area contributed by atoms with Gasteiger partial charge in [-0.05, 0) is 36.5 Å². The van der Waals surface area contributed by atoms with Gasteiger partial charge in [0.05, 0.1) is 11.6 Å². The van der Waals surface area contributed by atoms with Crippen molar-refractivity contribution < 1.29 is 0 Å². The molecule has 21 heavy (non-hydrogen) atoms. The maximum absolute atomic E-state index is 8.68. The number of benzene rings is 2. The Balaban J connectivity index is 1.94. The third-order valence-electron chi connectivity index (χ3n) is 3.69. The predicted octanol–water partition coefficient (Wildman–Crippen LogP) is 4.00. The maximum Gasteiger partial charge on any atom is 0.0926 e. The van der Waals surface area contributed by atoms with Crippen LogP contribution in [0.4, 0.5) is 0 Å². The smallest absolute Gasteiger partial charge is 0.0926 e. The number of nitrogens with zero attached hydrogens (tertiary/aromatic N) is 2. The Morgan fingerprint density at radius 2 is 1.90 bits per heavy atom. The molecule has 3 heteroatoms. The fourth-order valence-electron chi connectivity index (χ4n) is 2.70. The summed E-state index contributed by atoms with van der Waals surface area (Å²) < 4.78 is 0. The summed E-state index contributed by atoms with van der Waals surface area (Å²) in [4.78, 5) is 0. The number of aryl methyl sites for hydroxylation is 1. The van der Waals surface area contributed by atoms with Gasteiger partial charge in [-0.15, -0.1) is 0 Å². The van der Waals surface area contributed by atoms with Crippen LogP contribution in [0.2, 0.25) is 0 Å². The first kappa shape index (κ1) is 13.4. The molecule has 3 aromatic rings. The Bertz CT molecular complexity index is 766. The lowest BCUT2D eigenvalue weighted by molar-refractivity contribution is 0.820. The molecule has 104 valence electrons. The van der Waals surface area contributed by atoms with Gasteiger partial charge in [-0.2, -0.15) is 10.4 Å². The molecule has 0 unspecified atom stereocenters. The molecule has 0 radical (unpaired) electrons. The van der Waals surface area contributed by atoms with E-state index in [1.165, 1.54) is 16.5 Å². The summed E-state index contributed by atoms with van der Waals surface area (Å²) in [5.41, 5.74) is 4.75. The van der Waals surface area contributed by atoms with Crippen molar-refractivity contribution in [2.75, 3.05) is 0 Å². The van der Waals surface area contributed by atoms with Crippen LogP contribution in [0.25, 0.3) is 10.9 Å². The summed E-state index contributed by atoms with van der Waals surface area (Å²) in [6, 6.07) is 18.9. The lowest BCUT2D eigenvalue weighted by Crippen LogP contribution is -1.92. The number of rotatable bonds is 5. The quantitative estimate of drug-likeness (QED) is 0.715. The van der Waals surface area contributed by atoms with Crippen LogP contribution in [0, 0.1) is 11.3 Å². The zero-order chi connectivity index (χ0) is 14.5. The minimum Gasteiger partial charge on any atom is -0.281 e. The van der Waals surface area contributed by atoms with Crippen molar-refractivity contribution in [3.63, 3.8) is 0 Å². The molecule has 0 aliphatic heterocycles. The van der Waals surface area contributed by atoms with Crippen LogP contribution >= 0.6 is 0 Å². The van der Waals surface area contributed by atoms with Crippen molar-refractivity contribution in [2.24, 2.45) is 0 Å². The zero-order valence-electron chi connectivity index (χ0n) is 11.8. The van der Waals surface area contributed by atoms with E-state index in [2.05, 4.69) is 52.7 Å². The fourth-order valence-corrected chi connectivity index (χ4v) is 2.70. The SMILES string of the molecule is N#CCCCc1[nH]nc2cccc(Cc3ccccc3)c12. The third-order valence-corrected chi connectivity index (χ3v) is 3.69. The van der Waals surface area contributed by atoms with Gasteiger partial charge in [-0.3, -0.25) is 5.10 Å². The van der Waals surface area contributed by atoms with Crippen molar-refractivity contribution >= 4 is 10.9 Å². The van der Waals surface area contributed by atoms with E-state index < -0.39 is 0 Å². The van der Waals surface area contributed by atoms with Crippen LogP contribution in [-0.4, -0.2) is 10.2 Å². The predicted molar refractivity (Wildman–Crippen MR) is 83.9 cm³/mol. The van der Waals surface area contributed by atoms with E-state index in [0.29, 0.717) is 6.42 Å². The molecule has 0 saturated carbocycles. The van der Waals surface area contributed by atoms with Gasteiger partial charge in [0.25, 0.3) is 0 Å². The lowest BCUT2D eigenvalue weighted by atomic mass is 9.99. The molecule has 1 heterocycles. The molecule has 0 fully saturated rings. The molecule has 0 aliphatic carbocycles. The van der Waals surface area contributed by atoms with Crippen LogP contribution in [0.3, 0.4) is 0 Å². The largest absolute Gasteiger partial charge is 0.281 e. The molecule has 3 rings (SSSR count). The van der Waals surface area contributed by atoms with Crippen molar-refractivity contribution in [3.8, 4) is 6.07 Å². The lowest BCUT2D eigenvalue weighted by Gasteiger charge is -2.05. The topological polar surface area (TPSA) is 52.5 Å². The number of fused-ring (bicyclic) bond motifs is 1. The highest BCUT2D eigenvalue weighted by atomic mass is 15.1. The molecular weight excluding hydrogens is 258 g/mol. The van der Waals surface area contributed by atoms with Gasteiger partial charge in [-0.25, -0.2) is 0 Å². The first-order valence-electron chi connectivity index (χ1n) is 7.24. The standard InChI is InChI=1S/C18H17N3/c19-12-5-4-10-16-18-15(9-6-11-17(18)21-20-16)13-14-7-2-1-3-8-14/h1-3,6-9,11H,4-5,10,13H2,(H,20,21). The molecule has 3 nitrogen and oxygen atoms in total. The van der Waals surface area contributed by atoms with Gasteiger partial charge in [0.15, 0.2) is 0 Å². The maximum atomic E-state index is 8.68. The number of hydrogen-bond acceptors (Lipinski definition) is 2. The van der Waals surface area contributed by atoms with Crippen LogP contribution < -0.4 is 0 Å². The fraction of sp³-hybridized carbons (Fsp3) is 0.222. The Hall–Kier alpha value is -2.60. The molecule has 1 aromatic heterocycles. The van der Waals surface area contributed by atoms with Crippen LogP contribution in [0.15, 0.2) is 48.5 Å². The second kappa shape index (κ2) is 6.23. The molecule has 0 spiro atoms. The van der Waals surface area contributed by atoms with Crippen molar-refractivity contribution in [2.45, 2.75) is 25.7 Å². The second-order valence-electron chi connectivity index (χ2n) is 5.19. The molecule has 1 N–H and O–H groups in total. The molecule has 0 saturated heterocycles. The van der Waals surface area contributed by atoms with Gasteiger partial charge in [0.1, 0.15) is 0 Å². The highest BCUT2D eigenvalue weighted by Gasteiger charge is 2.10. The summed E-state index contributed by atoms with van der Waals surface area (Å²) in [6.07, 6.45) is 3.23. The van der Waals surface area contributed by atoms with Crippen molar-refractivity contribution in [1.29, 1.82) is 5.26 Å². The first-order chi connectivity index (χ1) is 10.4. The van der Waals surface area contributed by atoms with E-state index in [1.807, 2.05) is 12.1 Å². The molecule has 0 atom stereocenters. The second-order valence-corrected chi connectivity index (χ2v) is 5.19. The van der Waals surface area contributed by atoms with E-state index in [1.54, 1.807) is 0 Å². The van der Waals surface area contributed by atoms with Gasteiger partial charge in [0.2, 0.25) is 0 Å². The van der Waals surface area contributed by atoms with E-state index in [4.69, 9.17) is 5.26 Å². The molecule has 0 bridgehead atoms. The summed E-state index contributed by atoms with van der Waals surface area (Å²) in [5, 5.41) is 17.4. The summed E-state index contributed by atoms with van der Waals surface area (Å²) >= 11 is 0. The number of H-pyrrole nitrogens is 1.